The van der Waals surface area contributed by atoms with Gasteiger partial charge in [-0.3, -0.25) is 9.59 Å². The summed E-state index contributed by atoms with van der Waals surface area (Å²) in [5.74, 6) is -1.50. The lowest BCUT2D eigenvalue weighted by atomic mass is 9.85. The Bertz CT molecular complexity index is 1370. The van der Waals surface area contributed by atoms with Crippen LogP contribution in [0.1, 0.15) is 56.9 Å². The van der Waals surface area contributed by atoms with Crippen molar-refractivity contribution in [1.82, 2.24) is 10.2 Å². The van der Waals surface area contributed by atoms with Crippen molar-refractivity contribution in [2.75, 3.05) is 13.1 Å². The molecule has 2 unspecified atom stereocenters. The number of likely N-dealkylation sites (tertiary alicyclic amines) is 1. The fourth-order valence-corrected chi connectivity index (χ4v) is 7.14. The fraction of sp³-hybridized carbons (Fsp3) is 0.480. The molecule has 3 heterocycles. The van der Waals surface area contributed by atoms with E-state index in [1.165, 1.54) is 6.07 Å². The van der Waals surface area contributed by atoms with Gasteiger partial charge in [0.25, 0.3) is 11.5 Å². The standard InChI is InChI=1S/C25H21Cl2F6N3O3S/c26-13-7-12(8-14(27)9-13)23(25(31,32)33)10-18(35-39-23)19-15-3-1-2-4-16(15)20(40-19)21(37)34-17-5-6-36(22(17)38)11-24(28,29)30/h7-9,17H,1-6,10-11H2,(H,34,37). The van der Waals surface area contributed by atoms with Crippen LogP contribution >= 0.6 is 34.5 Å². The molecule has 216 valence electrons. The largest absolute Gasteiger partial charge is 0.435 e. The van der Waals surface area contributed by atoms with Crippen LogP contribution in [0.25, 0.3) is 0 Å². The highest BCUT2D eigenvalue weighted by Crippen LogP contribution is 2.51. The number of oxime groups is 1. The number of rotatable bonds is 5. The molecule has 15 heteroatoms. The summed E-state index contributed by atoms with van der Waals surface area (Å²) in [7, 11) is 0. The molecule has 2 aromatic rings. The molecule has 2 amide bonds. The van der Waals surface area contributed by atoms with Gasteiger partial charge in [-0.15, -0.1) is 11.3 Å². The zero-order valence-corrected chi connectivity index (χ0v) is 22.8. The lowest BCUT2D eigenvalue weighted by Gasteiger charge is -2.29. The van der Waals surface area contributed by atoms with Crippen molar-refractivity contribution >= 4 is 52.1 Å². The summed E-state index contributed by atoms with van der Waals surface area (Å²) in [6.45, 7) is -1.56. The summed E-state index contributed by atoms with van der Waals surface area (Å²) in [6, 6.07) is 2.40. The molecule has 1 saturated heterocycles. The van der Waals surface area contributed by atoms with E-state index in [9.17, 15) is 35.9 Å². The van der Waals surface area contributed by atoms with Gasteiger partial charge in [-0.1, -0.05) is 28.4 Å². The lowest BCUT2D eigenvalue weighted by molar-refractivity contribution is -0.275. The van der Waals surface area contributed by atoms with Crippen molar-refractivity contribution in [1.29, 1.82) is 0 Å². The second kappa shape index (κ2) is 10.4. The van der Waals surface area contributed by atoms with Crippen LogP contribution in [-0.4, -0.2) is 53.9 Å². The number of halogens is 8. The number of nitrogens with zero attached hydrogens (tertiary/aromatic N) is 2. The number of nitrogens with one attached hydrogen (secondary N) is 1. The smallest absolute Gasteiger partial charge is 0.374 e. The second-order valence-electron chi connectivity index (χ2n) is 9.90. The first-order valence-electron chi connectivity index (χ1n) is 12.3. The molecule has 6 nitrogen and oxygen atoms in total. The van der Waals surface area contributed by atoms with Gasteiger partial charge in [-0.25, -0.2) is 0 Å². The van der Waals surface area contributed by atoms with Crippen molar-refractivity contribution in [3.63, 3.8) is 0 Å². The van der Waals surface area contributed by atoms with Crippen molar-refractivity contribution < 1.29 is 40.8 Å². The summed E-state index contributed by atoms with van der Waals surface area (Å²) < 4.78 is 81.7. The molecule has 0 saturated carbocycles. The monoisotopic (exact) mass is 627 g/mol. The second-order valence-corrected chi connectivity index (χ2v) is 11.8. The molecule has 0 bridgehead atoms. The Hall–Kier alpha value is -2.51. The van der Waals surface area contributed by atoms with E-state index >= 15 is 0 Å². The van der Waals surface area contributed by atoms with E-state index < -0.39 is 48.8 Å². The van der Waals surface area contributed by atoms with Crippen molar-refractivity contribution in [2.45, 2.75) is 62.5 Å². The molecule has 1 aliphatic carbocycles. The number of fused-ring (bicyclic) bond motifs is 1. The van der Waals surface area contributed by atoms with Gasteiger partial charge in [0.2, 0.25) is 5.91 Å². The first kappa shape index (κ1) is 29.0. The van der Waals surface area contributed by atoms with Crippen LogP contribution in [0.2, 0.25) is 10.0 Å². The van der Waals surface area contributed by atoms with Crippen LogP contribution in [-0.2, 0) is 28.1 Å². The number of hydrogen-bond acceptors (Lipinski definition) is 5. The summed E-state index contributed by atoms with van der Waals surface area (Å²) in [5.41, 5.74) is -1.84. The average molecular weight is 628 g/mol. The minimum Gasteiger partial charge on any atom is -0.374 e. The summed E-state index contributed by atoms with van der Waals surface area (Å²) in [6.07, 6.45) is -7.67. The Morgan fingerprint density at radius 1 is 1.10 bits per heavy atom. The quantitative estimate of drug-likeness (QED) is 0.390. The Morgan fingerprint density at radius 3 is 2.38 bits per heavy atom. The zero-order chi connectivity index (χ0) is 29.0. The number of amides is 2. The van der Waals surface area contributed by atoms with E-state index in [1.54, 1.807) is 0 Å². The molecule has 1 aromatic heterocycles. The lowest BCUT2D eigenvalue weighted by Crippen LogP contribution is -2.43. The molecular formula is C25H21Cl2F6N3O3S. The van der Waals surface area contributed by atoms with Crippen LogP contribution in [0.15, 0.2) is 23.4 Å². The third-order valence-electron chi connectivity index (χ3n) is 7.18. The molecule has 0 spiro atoms. The number of carbonyl (C=O) groups is 2. The minimum absolute atomic E-state index is 0.00363. The van der Waals surface area contributed by atoms with Gasteiger partial charge in [-0.05, 0) is 61.4 Å². The predicted octanol–water partition coefficient (Wildman–Crippen LogP) is 6.41. The van der Waals surface area contributed by atoms with Crippen molar-refractivity contribution in [3.05, 3.63) is 54.7 Å². The number of thiophene rings is 1. The molecule has 0 radical (unpaired) electrons. The van der Waals surface area contributed by atoms with E-state index in [1.807, 2.05) is 0 Å². The highest BCUT2D eigenvalue weighted by atomic mass is 35.5. The van der Waals surface area contributed by atoms with Gasteiger partial charge >= 0.3 is 12.4 Å². The molecule has 3 aliphatic rings. The maximum absolute atomic E-state index is 14.5. The fourth-order valence-electron chi connectivity index (χ4n) is 5.33. The van der Waals surface area contributed by atoms with Gasteiger partial charge in [0.15, 0.2) is 0 Å². The molecule has 40 heavy (non-hydrogen) atoms. The van der Waals surface area contributed by atoms with Gasteiger partial charge < -0.3 is 15.1 Å². The van der Waals surface area contributed by atoms with E-state index in [4.69, 9.17) is 28.0 Å². The topological polar surface area (TPSA) is 71.0 Å². The Balaban J connectivity index is 1.43. The maximum atomic E-state index is 14.5. The van der Waals surface area contributed by atoms with E-state index in [0.717, 1.165) is 36.3 Å². The Morgan fingerprint density at radius 2 is 1.75 bits per heavy atom. The van der Waals surface area contributed by atoms with Gasteiger partial charge in [0.05, 0.1) is 16.2 Å². The Kier molecular flexibility index (Phi) is 7.54. The van der Waals surface area contributed by atoms with E-state index in [0.29, 0.717) is 33.7 Å². The zero-order valence-electron chi connectivity index (χ0n) is 20.5. The molecule has 1 N–H and O–H groups in total. The minimum atomic E-state index is -4.89. The predicted molar refractivity (Wildman–Crippen MR) is 136 cm³/mol. The molecule has 2 aliphatic heterocycles. The number of alkyl halides is 6. The maximum Gasteiger partial charge on any atom is 0.435 e. The van der Waals surface area contributed by atoms with Crippen LogP contribution in [0, 0.1) is 0 Å². The van der Waals surface area contributed by atoms with Gasteiger partial charge in [0, 0.05) is 22.2 Å². The molecule has 5 rings (SSSR count). The third-order valence-corrected chi connectivity index (χ3v) is 8.93. The van der Waals surface area contributed by atoms with Crippen LogP contribution < -0.4 is 5.32 Å². The molecule has 1 fully saturated rings. The SMILES string of the molecule is O=C(NC1CCN(CC(F)(F)F)C1=O)c1sc(C2=NOC(c3cc(Cl)cc(Cl)c3)(C(F)(F)F)C2)c2c1CCCC2. The first-order chi connectivity index (χ1) is 18.7. The molecule has 2 atom stereocenters. The van der Waals surface area contributed by atoms with Crippen molar-refractivity contribution in [2.24, 2.45) is 5.16 Å². The highest BCUT2D eigenvalue weighted by molar-refractivity contribution is 7.16. The molecule has 1 aromatic carbocycles. The van der Waals surface area contributed by atoms with Crippen molar-refractivity contribution in [3.8, 4) is 0 Å². The first-order valence-corrected chi connectivity index (χ1v) is 13.9. The number of hydrogen-bond donors (Lipinski definition) is 1. The van der Waals surface area contributed by atoms with Gasteiger partial charge in [0.1, 0.15) is 18.3 Å². The summed E-state index contributed by atoms with van der Waals surface area (Å²) in [4.78, 5) is 32.0. The molecular weight excluding hydrogens is 607 g/mol. The van der Waals surface area contributed by atoms with Crippen LogP contribution in [0.5, 0.6) is 0 Å². The van der Waals surface area contributed by atoms with Gasteiger partial charge in [-0.2, -0.15) is 26.3 Å². The highest BCUT2D eigenvalue weighted by Gasteiger charge is 2.62. The average Bonchev–Trinajstić information content (AvgIpc) is 3.55. The van der Waals surface area contributed by atoms with Crippen LogP contribution in [0.3, 0.4) is 0 Å². The Labute approximate surface area is 238 Å². The number of benzene rings is 1. The van der Waals surface area contributed by atoms with E-state index in [2.05, 4.69) is 10.5 Å². The summed E-state index contributed by atoms with van der Waals surface area (Å²) >= 11 is 12.9. The van der Waals surface area contributed by atoms with E-state index in [-0.39, 0.29) is 39.2 Å². The third kappa shape index (κ3) is 5.39. The normalized spacial score (nSPS) is 23.2. The summed E-state index contributed by atoms with van der Waals surface area (Å²) in [5, 5.41) is 6.33. The van der Waals surface area contributed by atoms with Crippen LogP contribution in [0.4, 0.5) is 26.3 Å². The number of carbonyl (C=O) groups excluding carboxylic acids is 2.